The molecule has 0 saturated heterocycles. The van der Waals surface area contributed by atoms with E-state index in [1.807, 2.05) is 13.1 Å². The van der Waals surface area contributed by atoms with Crippen LogP contribution < -0.4 is 10.6 Å². The van der Waals surface area contributed by atoms with Gasteiger partial charge in [-0.05, 0) is 42.7 Å². The van der Waals surface area contributed by atoms with Crippen LogP contribution in [-0.4, -0.2) is 39.3 Å². The van der Waals surface area contributed by atoms with Gasteiger partial charge in [-0.25, -0.2) is 0 Å². The summed E-state index contributed by atoms with van der Waals surface area (Å²) in [5.41, 5.74) is 1.33. The lowest BCUT2D eigenvalue weighted by Gasteiger charge is -2.11. The van der Waals surface area contributed by atoms with Gasteiger partial charge in [0, 0.05) is 31.6 Å². The van der Waals surface area contributed by atoms with Crippen LogP contribution in [-0.2, 0) is 17.6 Å². The van der Waals surface area contributed by atoms with Crippen molar-refractivity contribution in [3.63, 3.8) is 0 Å². The molecule has 0 atom stereocenters. The first kappa shape index (κ1) is 22.9. The van der Waals surface area contributed by atoms with Gasteiger partial charge in [-0.3, -0.25) is 4.99 Å². The Bertz CT molecular complexity index is 590. The number of hydrogen-bond acceptors (Lipinski definition) is 3. The second-order valence-corrected chi connectivity index (χ2v) is 6.84. The molecular weight excluding hydrogens is 457 g/mol. The second-order valence-electron chi connectivity index (χ2n) is 5.81. The number of halogens is 1. The fraction of sp³-hybridized carbons (Fsp3) is 0.450. The number of guanidine groups is 1. The molecule has 1 aromatic heterocycles. The van der Waals surface area contributed by atoms with E-state index in [1.165, 1.54) is 10.4 Å². The monoisotopic (exact) mass is 487 g/mol. The van der Waals surface area contributed by atoms with Crippen molar-refractivity contribution in [3.8, 4) is 0 Å². The largest absolute Gasteiger partial charge is 0.381 e. The van der Waals surface area contributed by atoms with Crippen LogP contribution >= 0.6 is 35.3 Å². The zero-order chi connectivity index (χ0) is 17.6. The Morgan fingerprint density at radius 3 is 2.50 bits per heavy atom. The average molecular weight is 487 g/mol. The third-order valence-corrected chi connectivity index (χ3v) is 4.79. The Morgan fingerprint density at radius 2 is 1.77 bits per heavy atom. The fourth-order valence-electron chi connectivity index (χ4n) is 2.45. The molecular formula is C20H30IN3OS. The first-order chi connectivity index (χ1) is 12.4. The summed E-state index contributed by atoms with van der Waals surface area (Å²) < 4.78 is 5.70. The van der Waals surface area contributed by atoms with E-state index in [2.05, 4.69) is 57.4 Å². The van der Waals surface area contributed by atoms with Crippen molar-refractivity contribution in [2.75, 3.05) is 33.4 Å². The topological polar surface area (TPSA) is 45.7 Å². The Morgan fingerprint density at radius 1 is 0.962 bits per heavy atom. The van der Waals surface area contributed by atoms with Gasteiger partial charge in [-0.1, -0.05) is 36.4 Å². The summed E-state index contributed by atoms with van der Waals surface area (Å²) in [6, 6.07) is 14.7. The highest BCUT2D eigenvalue weighted by Crippen LogP contribution is 2.07. The predicted molar refractivity (Wildman–Crippen MR) is 123 cm³/mol. The number of aliphatic imine (C=N–C) groups is 1. The van der Waals surface area contributed by atoms with E-state index in [4.69, 9.17) is 4.74 Å². The molecule has 2 rings (SSSR count). The van der Waals surface area contributed by atoms with Gasteiger partial charge < -0.3 is 15.4 Å². The third-order valence-electron chi connectivity index (χ3n) is 3.85. The molecule has 2 N–H and O–H groups in total. The number of nitrogens with zero attached hydrogens (tertiary/aromatic N) is 1. The van der Waals surface area contributed by atoms with E-state index in [0.29, 0.717) is 0 Å². The number of benzene rings is 1. The minimum Gasteiger partial charge on any atom is -0.381 e. The van der Waals surface area contributed by atoms with Gasteiger partial charge in [0.05, 0.1) is 6.61 Å². The van der Waals surface area contributed by atoms with E-state index in [9.17, 15) is 0 Å². The highest BCUT2D eigenvalue weighted by atomic mass is 127. The van der Waals surface area contributed by atoms with Gasteiger partial charge in [-0.2, -0.15) is 0 Å². The number of unbranched alkanes of at least 4 members (excludes halogenated alkanes) is 1. The maximum atomic E-state index is 5.70. The molecule has 0 amide bonds. The second kappa shape index (κ2) is 15.0. The highest BCUT2D eigenvalue weighted by Gasteiger charge is 1.98. The maximum Gasteiger partial charge on any atom is 0.190 e. The Labute approximate surface area is 178 Å². The Balaban J connectivity index is 0.00000338. The molecule has 0 saturated carbocycles. The zero-order valence-electron chi connectivity index (χ0n) is 15.4. The molecule has 0 unspecified atom stereocenters. The summed E-state index contributed by atoms with van der Waals surface area (Å²) in [7, 11) is 1.81. The molecule has 0 fully saturated rings. The Kier molecular flexibility index (Phi) is 13.2. The molecule has 0 aliphatic rings. The number of nitrogens with one attached hydrogen (secondary N) is 2. The molecule has 2 aromatic rings. The zero-order valence-corrected chi connectivity index (χ0v) is 18.6. The van der Waals surface area contributed by atoms with E-state index in [0.717, 1.165) is 57.9 Å². The number of rotatable bonds is 11. The summed E-state index contributed by atoms with van der Waals surface area (Å²) in [5, 5.41) is 8.82. The number of hydrogen-bond donors (Lipinski definition) is 2. The lowest BCUT2D eigenvalue weighted by molar-refractivity contribution is 0.133. The van der Waals surface area contributed by atoms with Gasteiger partial charge in [0.2, 0.25) is 0 Å². The summed E-state index contributed by atoms with van der Waals surface area (Å²) >= 11 is 1.80. The third kappa shape index (κ3) is 10.1. The first-order valence-electron chi connectivity index (χ1n) is 8.97. The standard InChI is InChI=1S/C20H29N3OS.HI/c1-21-20(23-14-11-19-10-7-17-25-19)22-13-5-6-15-24-16-12-18-8-3-2-4-9-18;/h2-4,7-10,17H,5-6,11-16H2,1H3,(H2,21,22,23);1H. The average Bonchev–Trinajstić information content (AvgIpc) is 3.16. The molecule has 6 heteroatoms. The summed E-state index contributed by atoms with van der Waals surface area (Å²) in [4.78, 5) is 5.65. The molecule has 144 valence electrons. The molecule has 1 aromatic carbocycles. The molecule has 0 aliphatic heterocycles. The van der Waals surface area contributed by atoms with Crippen LogP contribution in [0.3, 0.4) is 0 Å². The molecule has 0 spiro atoms. The van der Waals surface area contributed by atoms with Gasteiger partial charge in [0.15, 0.2) is 5.96 Å². The quantitative estimate of drug-likeness (QED) is 0.217. The lowest BCUT2D eigenvalue weighted by atomic mass is 10.2. The van der Waals surface area contributed by atoms with Crippen LogP contribution in [0.4, 0.5) is 0 Å². The van der Waals surface area contributed by atoms with Gasteiger partial charge in [0.25, 0.3) is 0 Å². The Hall–Kier alpha value is -1.12. The van der Waals surface area contributed by atoms with E-state index < -0.39 is 0 Å². The normalized spacial score (nSPS) is 11.0. The summed E-state index contributed by atoms with van der Waals surface area (Å²) in [6.07, 6.45) is 4.17. The highest BCUT2D eigenvalue weighted by molar-refractivity contribution is 14.0. The predicted octanol–water partition coefficient (Wildman–Crippen LogP) is 4.11. The molecule has 0 radical (unpaired) electrons. The number of ether oxygens (including phenoxy) is 1. The van der Waals surface area contributed by atoms with Crippen molar-refractivity contribution in [2.24, 2.45) is 4.99 Å². The lowest BCUT2D eigenvalue weighted by Crippen LogP contribution is -2.38. The van der Waals surface area contributed by atoms with E-state index in [1.54, 1.807) is 11.3 Å². The molecule has 1 heterocycles. The van der Waals surface area contributed by atoms with E-state index in [-0.39, 0.29) is 24.0 Å². The molecule has 4 nitrogen and oxygen atoms in total. The van der Waals surface area contributed by atoms with Crippen molar-refractivity contribution >= 4 is 41.3 Å². The summed E-state index contributed by atoms with van der Waals surface area (Å²) in [6.45, 7) is 3.44. The van der Waals surface area contributed by atoms with E-state index >= 15 is 0 Å². The van der Waals surface area contributed by atoms with Crippen molar-refractivity contribution in [1.29, 1.82) is 0 Å². The summed E-state index contributed by atoms with van der Waals surface area (Å²) in [5.74, 6) is 0.876. The molecule has 0 bridgehead atoms. The van der Waals surface area contributed by atoms with Crippen LogP contribution in [0.1, 0.15) is 23.3 Å². The van der Waals surface area contributed by atoms with Gasteiger partial charge in [0.1, 0.15) is 0 Å². The molecule has 26 heavy (non-hydrogen) atoms. The van der Waals surface area contributed by atoms with Gasteiger partial charge in [-0.15, -0.1) is 35.3 Å². The smallest absolute Gasteiger partial charge is 0.190 e. The van der Waals surface area contributed by atoms with Crippen molar-refractivity contribution in [3.05, 3.63) is 58.3 Å². The number of thiophene rings is 1. The SMILES string of the molecule is CN=C(NCCCCOCCc1ccccc1)NCCc1cccs1.I. The minimum atomic E-state index is 0. The van der Waals surface area contributed by atoms with Crippen molar-refractivity contribution < 1.29 is 4.74 Å². The maximum absolute atomic E-state index is 5.70. The minimum absolute atomic E-state index is 0. The van der Waals surface area contributed by atoms with Crippen LogP contribution in [0, 0.1) is 0 Å². The van der Waals surface area contributed by atoms with Crippen LogP contribution in [0.15, 0.2) is 52.8 Å². The van der Waals surface area contributed by atoms with Crippen LogP contribution in [0.2, 0.25) is 0 Å². The molecule has 0 aliphatic carbocycles. The fourth-order valence-corrected chi connectivity index (χ4v) is 3.16. The van der Waals surface area contributed by atoms with Crippen molar-refractivity contribution in [1.82, 2.24) is 10.6 Å². The van der Waals surface area contributed by atoms with Crippen molar-refractivity contribution in [2.45, 2.75) is 25.7 Å². The van der Waals surface area contributed by atoms with Gasteiger partial charge >= 0.3 is 0 Å². The van der Waals surface area contributed by atoms with Crippen LogP contribution in [0.25, 0.3) is 0 Å². The van der Waals surface area contributed by atoms with Crippen LogP contribution in [0.5, 0.6) is 0 Å². The first-order valence-corrected chi connectivity index (χ1v) is 9.85.